The molecule has 0 fully saturated rings. The minimum atomic E-state index is 0.486. The molecular formula is C9H17NO. The van der Waals surface area contributed by atoms with Gasteiger partial charge in [-0.2, -0.15) is 0 Å². The van der Waals surface area contributed by atoms with Crippen molar-refractivity contribution in [2.45, 2.75) is 39.3 Å². The van der Waals surface area contributed by atoms with Crippen LogP contribution in [-0.2, 0) is 0 Å². The predicted octanol–water partition coefficient (Wildman–Crippen LogP) is 1.93. The van der Waals surface area contributed by atoms with Crippen LogP contribution >= 0.6 is 0 Å². The maximum absolute atomic E-state index is 9.21. The molecule has 11 heavy (non-hydrogen) atoms. The van der Waals surface area contributed by atoms with Crippen molar-refractivity contribution >= 4 is 0 Å². The van der Waals surface area contributed by atoms with E-state index in [1.54, 1.807) is 0 Å². The van der Waals surface area contributed by atoms with Gasteiger partial charge in [-0.3, -0.25) is 4.90 Å². The zero-order valence-electron chi connectivity index (χ0n) is 7.54. The first-order valence-corrected chi connectivity index (χ1v) is 4.25. The van der Waals surface area contributed by atoms with Crippen molar-refractivity contribution in [1.82, 2.24) is 4.90 Å². The molecule has 2 nitrogen and oxygen atoms in total. The third-order valence-electron chi connectivity index (χ3n) is 2.27. The summed E-state index contributed by atoms with van der Waals surface area (Å²) in [6.07, 6.45) is 2.71. The molecule has 1 rings (SSSR count). The Morgan fingerprint density at radius 3 is 2.73 bits per heavy atom. The fourth-order valence-electron chi connectivity index (χ4n) is 1.61. The third kappa shape index (κ3) is 1.96. The lowest BCUT2D eigenvalue weighted by Gasteiger charge is -2.34. The van der Waals surface area contributed by atoms with Crippen molar-refractivity contribution in [3.8, 4) is 0 Å². The van der Waals surface area contributed by atoms with E-state index in [0.29, 0.717) is 17.8 Å². The van der Waals surface area contributed by atoms with E-state index in [1.165, 1.54) is 0 Å². The van der Waals surface area contributed by atoms with Crippen molar-refractivity contribution in [1.29, 1.82) is 0 Å². The number of aliphatic hydroxyl groups excluding tert-OH is 1. The molecule has 0 spiro atoms. The van der Waals surface area contributed by atoms with E-state index in [2.05, 4.69) is 25.7 Å². The summed E-state index contributed by atoms with van der Waals surface area (Å²) in [5, 5.41) is 9.21. The molecule has 0 amide bonds. The monoisotopic (exact) mass is 155 g/mol. The summed E-state index contributed by atoms with van der Waals surface area (Å²) in [6, 6.07) is 1.06. The lowest BCUT2D eigenvalue weighted by molar-refractivity contribution is 0.153. The summed E-state index contributed by atoms with van der Waals surface area (Å²) in [5.74, 6) is 0.550. The van der Waals surface area contributed by atoms with Crippen LogP contribution in [0.3, 0.4) is 0 Å². The van der Waals surface area contributed by atoms with E-state index in [4.69, 9.17) is 0 Å². The van der Waals surface area contributed by atoms with Crippen molar-refractivity contribution in [2.24, 2.45) is 0 Å². The minimum Gasteiger partial charge on any atom is -0.513 e. The average molecular weight is 155 g/mol. The van der Waals surface area contributed by atoms with Crippen molar-refractivity contribution in [3.63, 3.8) is 0 Å². The van der Waals surface area contributed by atoms with E-state index in [0.717, 1.165) is 13.0 Å². The van der Waals surface area contributed by atoms with Gasteiger partial charge in [0.25, 0.3) is 0 Å². The second-order valence-electron chi connectivity index (χ2n) is 3.54. The van der Waals surface area contributed by atoms with Crippen molar-refractivity contribution in [2.75, 3.05) is 6.54 Å². The molecule has 1 unspecified atom stereocenters. The molecule has 1 atom stereocenters. The maximum Gasteiger partial charge on any atom is 0.0911 e. The van der Waals surface area contributed by atoms with E-state index < -0.39 is 0 Å². The maximum atomic E-state index is 9.21. The number of aliphatic hydroxyl groups is 1. The Kier molecular flexibility index (Phi) is 2.55. The van der Waals surface area contributed by atoms with Crippen LogP contribution in [0.5, 0.6) is 0 Å². The van der Waals surface area contributed by atoms with Gasteiger partial charge in [-0.05, 0) is 26.8 Å². The van der Waals surface area contributed by atoms with Gasteiger partial charge in [-0.15, -0.1) is 0 Å². The topological polar surface area (TPSA) is 23.5 Å². The van der Waals surface area contributed by atoms with E-state index in [1.807, 2.05) is 6.08 Å². The van der Waals surface area contributed by atoms with Gasteiger partial charge >= 0.3 is 0 Å². The van der Waals surface area contributed by atoms with E-state index in [-0.39, 0.29) is 0 Å². The molecule has 0 radical (unpaired) electrons. The summed E-state index contributed by atoms with van der Waals surface area (Å²) in [7, 11) is 0. The summed E-state index contributed by atoms with van der Waals surface area (Å²) in [5.41, 5.74) is 0. The van der Waals surface area contributed by atoms with Gasteiger partial charge in [0.1, 0.15) is 0 Å². The molecule has 0 aromatic rings. The Morgan fingerprint density at radius 2 is 2.27 bits per heavy atom. The zero-order valence-corrected chi connectivity index (χ0v) is 7.54. The van der Waals surface area contributed by atoms with Crippen LogP contribution in [0.2, 0.25) is 0 Å². The second-order valence-corrected chi connectivity index (χ2v) is 3.54. The molecule has 1 aliphatic heterocycles. The van der Waals surface area contributed by atoms with Crippen LogP contribution in [0, 0.1) is 0 Å². The minimum absolute atomic E-state index is 0.486. The van der Waals surface area contributed by atoms with Crippen molar-refractivity contribution < 1.29 is 5.11 Å². The highest BCUT2D eigenvalue weighted by Gasteiger charge is 2.20. The van der Waals surface area contributed by atoms with Crippen LogP contribution < -0.4 is 0 Å². The number of nitrogens with zero attached hydrogens (tertiary/aromatic N) is 1. The van der Waals surface area contributed by atoms with Crippen LogP contribution in [0.15, 0.2) is 11.8 Å². The van der Waals surface area contributed by atoms with Crippen LogP contribution in [0.4, 0.5) is 0 Å². The molecule has 1 N–H and O–H groups in total. The standard InChI is InChI=1S/C9H17NO/c1-7(2)10-5-4-9(11)6-8(10)3/h4,7-8,11H,5-6H2,1-3H3. The molecule has 0 saturated heterocycles. The Morgan fingerprint density at radius 1 is 1.64 bits per heavy atom. The molecule has 2 heteroatoms. The Bertz CT molecular complexity index is 163. The summed E-state index contributed by atoms with van der Waals surface area (Å²) >= 11 is 0. The van der Waals surface area contributed by atoms with Crippen LogP contribution in [0.1, 0.15) is 27.2 Å². The molecule has 0 aromatic heterocycles. The highest BCUT2D eigenvalue weighted by Crippen LogP contribution is 2.17. The zero-order chi connectivity index (χ0) is 8.43. The van der Waals surface area contributed by atoms with Gasteiger partial charge in [0.2, 0.25) is 0 Å². The first-order valence-electron chi connectivity index (χ1n) is 4.25. The van der Waals surface area contributed by atoms with Gasteiger partial charge in [-0.25, -0.2) is 0 Å². The molecule has 0 saturated carbocycles. The third-order valence-corrected chi connectivity index (χ3v) is 2.27. The average Bonchev–Trinajstić information content (AvgIpc) is 1.85. The molecule has 64 valence electrons. The Balaban J connectivity index is 2.58. The van der Waals surface area contributed by atoms with Gasteiger partial charge in [0.15, 0.2) is 0 Å². The summed E-state index contributed by atoms with van der Waals surface area (Å²) < 4.78 is 0. The molecule has 1 heterocycles. The first-order chi connectivity index (χ1) is 5.11. The molecule has 0 aliphatic carbocycles. The number of hydrogen-bond acceptors (Lipinski definition) is 2. The highest BCUT2D eigenvalue weighted by molar-refractivity contribution is 5.01. The second kappa shape index (κ2) is 3.26. The predicted molar refractivity (Wildman–Crippen MR) is 46.6 cm³/mol. The Hall–Kier alpha value is -0.500. The number of rotatable bonds is 1. The molecule has 1 aliphatic rings. The Labute approximate surface area is 68.5 Å². The van der Waals surface area contributed by atoms with Gasteiger partial charge < -0.3 is 5.11 Å². The molecule has 0 aromatic carbocycles. The largest absolute Gasteiger partial charge is 0.513 e. The first kappa shape index (κ1) is 8.60. The summed E-state index contributed by atoms with van der Waals surface area (Å²) in [6.45, 7) is 7.42. The van der Waals surface area contributed by atoms with Gasteiger partial charge in [-0.1, -0.05) is 0 Å². The van der Waals surface area contributed by atoms with E-state index in [9.17, 15) is 5.11 Å². The van der Waals surface area contributed by atoms with Gasteiger partial charge in [0, 0.05) is 25.0 Å². The number of hydrogen-bond donors (Lipinski definition) is 1. The smallest absolute Gasteiger partial charge is 0.0911 e. The SMILES string of the molecule is CC(C)N1CC=C(O)CC1C. The van der Waals surface area contributed by atoms with Crippen molar-refractivity contribution in [3.05, 3.63) is 11.8 Å². The quantitative estimate of drug-likeness (QED) is 0.625. The van der Waals surface area contributed by atoms with Crippen LogP contribution in [0.25, 0.3) is 0 Å². The van der Waals surface area contributed by atoms with Crippen LogP contribution in [-0.4, -0.2) is 28.6 Å². The lowest BCUT2D eigenvalue weighted by Crippen LogP contribution is -2.41. The fourth-order valence-corrected chi connectivity index (χ4v) is 1.61. The van der Waals surface area contributed by atoms with Gasteiger partial charge in [0.05, 0.1) is 5.76 Å². The lowest BCUT2D eigenvalue weighted by atomic mass is 10.1. The summed E-state index contributed by atoms with van der Waals surface area (Å²) in [4.78, 5) is 2.37. The molecule has 0 bridgehead atoms. The fraction of sp³-hybridized carbons (Fsp3) is 0.778. The van der Waals surface area contributed by atoms with E-state index >= 15 is 0 Å². The molecular weight excluding hydrogens is 138 g/mol. The normalized spacial score (nSPS) is 27.3. The highest BCUT2D eigenvalue weighted by atomic mass is 16.3.